The third-order valence-corrected chi connectivity index (χ3v) is 4.08. The van der Waals surface area contributed by atoms with Gasteiger partial charge in [0.2, 0.25) is 0 Å². The van der Waals surface area contributed by atoms with Gasteiger partial charge in [0.1, 0.15) is 12.7 Å². The molecule has 0 aromatic heterocycles. The predicted octanol–water partition coefficient (Wildman–Crippen LogP) is 4.25. The molecule has 5 heteroatoms. The third kappa shape index (κ3) is 6.37. The van der Waals surface area contributed by atoms with Gasteiger partial charge < -0.3 is 14.6 Å². The smallest absolute Gasteiger partial charge is 0.161 e. The second-order valence-electron chi connectivity index (χ2n) is 6.20. The molecule has 2 aromatic rings. The summed E-state index contributed by atoms with van der Waals surface area (Å²) in [6, 6.07) is 13.4. The highest BCUT2D eigenvalue weighted by Crippen LogP contribution is 2.28. The third-order valence-electron chi connectivity index (χ3n) is 3.84. The summed E-state index contributed by atoms with van der Waals surface area (Å²) < 4.78 is 11.1. The van der Waals surface area contributed by atoms with Gasteiger partial charge in [-0.1, -0.05) is 42.0 Å². The Kier molecular flexibility index (Phi) is 7.98. The standard InChI is InChI=1S/C21H26ClNO3/c1-4-6-16-9-10-20(21(12-16)25-3)26-15-19(24)14-23(2)13-17-7-5-8-18(22)11-17/h4-12,19,24H,13-15H2,1-3H3/b6-4+. The summed E-state index contributed by atoms with van der Waals surface area (Å²) in [6.07, 6.45) is 3.35. The SMILES string of the molecule is C/C=C/c1ccc(OCC(O)CN(C)Cc2cccc(Cl)c2)c(OC)c1. The molecular weight excluding hydrogens is 350 g/mol. The number of methoxy groups -OCH3 is 1. The van der Waals surface area contributed by atoms with E-state index in [0.717, 1.165) is 11.1 Å². The number of rotatable bonds is 9. The minimum absolute atomic E-state index is 0.194. The van der Waals surface area contributed by atoms with Crippen molar-refractivity contribution in [1.82, 2.24) is 4.90 Å². The quantitative estimate of drug-likeness (QED) is 0.711. The number of hydrogen-bond acceptors (Lipinski definition) is 4. The summed E-state index contributed by atoms with van der Waals surface area (Å²) >= 11 is 6.01. The van der Waals surface area contributed by atoms with E-state index < -0.39 is 6.10 Å². The summed E-state index contributed by atoms with van der Waals surface area (Å²) in [5.74, 6) is 1.28. The topological polar surface area (TPSA) is 41.9 Å². The van der Waals surface area contributed by atoms with Gasteiger partial charge in [-0.2, -0.15) is 0 Å². The first-order chi connectivity index (χ1) is 12.5. The summed E-state index contributed by atoms with van der Waals surface area (Å²) in [5.41, 5.74) is 2.15. The van der Waals surface area contributed by atoms with Crippen LogP contribution in [0, 0.1) is 0 Å². The molecule has 1 N–H and O–H groups in total. The van der Waals surface area contributed by atoms with Gasteiger partial charge in [-0.05, 0) is 49.4 Å². The lowest BCUT2D eigenvalue weighted by Crippen LogP contribution is -2.32. The van der Waals surface area contributed by atoms with Crippen LogP contribution in [0.2, 0.25) is 5.02 Å². The zero-order valence-electron chi connectivity index (χ0n) is 15.5. The maximum Gasteiger partial charge on any atom is 0.161 e. The van der Waals surface area contributed by atoms with Crippen molar-refractivity contribution >= 4 is 17.7 Å². The monoisotopic (exact) mass is 375 g/mol. The van der Waals surface area contributed by atoms with Crippen LogP contribution >= 0.6 is 11.6 Å². The zero-order chi connectivity index (χ0) is 18.9. The lowest BCUT2D eigenvalue weighted by molar-refractivity contribution is 0.0733. The van der Waals surface area contributed by atoms with E-state index >= 15 is 0 Å². The summed E-state index contributed by atoms with van der Waals surface area (Å²) in [6.45, 7) is 3.36. The van der Waals surface area contributed by atoms with Crippen LogP contribution in [0.25, 0.3) is 6.08 Å². The van der Waals surface area contributed by atoms with Gasteiger partial charge >= 0.3 is 0 Å². The predicted molar refractivity (Wildman–Crippen MR) is 107 cm³/mol. The molecule has 4 nitrogen and oxygen atoms in total. The normalized spacial score (nSPS) is 12.5. The number of likely N-dealkylation sites (N-methyl/N-ethyl adjacent to an activating group) is 1. The molecule has 26 heavy (non-hydrogen) atoms. The first-order valence-electron chi connectivity index (χ1n) is 8.56. The highest BCUT2D eigenvalue weighted by Gasteiger charge is 2.12. The Hall–Kier alpha value is -2.01. The van der Waals surface area contributed by atoms with Crippen LogP contribution in [-0.2, 0) is 6.54 Å². The molecule has 0 amide bonds. The fourth-order valence-corrected chi connectivity index (χ4v) is 2.92. The molecule has 0 radical (unpaired) electrons. The molecule has 0 aliphatic rings. The van der Waals surface area contributed by atoms with E-state index in [0.29, 0.717) is 29.6 Å². The first-order valence-corrected chi connectivity index (χ1v) is 8.94. The number of benzene rings is 2. The Morgan fingerprint density at radius 2 is 2.00 bits per heavy atom. The number of nitrogens with zero attached hydrogens (tertiary/aromatic N) is 1. The fourth-order valence-electron chi connectivity index (χ4n) is 2.71. The van der Waals surface area contributed by atoms with Crippen molar-refractivity contribution in [3.05, 3.63) is 64.7 Å². The van der Waals surface area contributed by atoms with Crippen molar-refractivity contribution in [2.45, 2.75) is 19.6 Å². The van der Waals surface area contributed by atoms with E-state index in [9.17, 15) is 5.11 Å². The largest absolute Gasteiger partial charge is 0.493 e. The van der Waals surface area contributed by atoms with Crippen LogP contribution in [-0.4, -0.2) is 43.4 Å². The van der Waals surface area contributed by atoms with Gasteiger partial charge in [0.25, 0.3) is 0 Å². The van der Waals surface area contributed by atoms with E-state index in [1.165, 1.54) is 0 Å². The van der Waals surface area contributed by atoms with Crippen molar-refractivity contribution in [1.29, 1.82) is 0 Å². The van der Waals surface area contributed by atoms with Crippen LogP contribution in [0.1, 0.15) is 18.1 Å². The Morgan fingerprint density at radius 3 is 2.69 bits per heavy atom. The second kappa shape index (κ2) is 10.2. The highest BCUT2D eigenvalue weighted by molar-refractivity contribution is 6.30. The molecule has 0 aliphatic carbocycles. The van der Waals surface area contributed by atoms with Crippen molar-refractivity contribution in [2.75, 3.05) is 27.3 Å². The lowest BCUT2D eigenvalue weighted by Gasteiger charge is -2.21. The van der Waals surface area contributed by atoms with Crippen molar-refractivity contribution in [3.63, 3.8) is 0 Å². The molecular formula is C21H26ClNO3. The van der Waals surface area contributed by atoms with Crippen LogP contribution < -0.4 is 9.47 Å². The molecule has 0 fully saturated rings. The molecule has 1 atom stereocenters. The van der Waals surface area contributed by atoms with Crippen molar-refractivity contribution < 1.29 is 14.6 Å². The maximum absolute atomic E-state index is 10.3. The van der Waals surface area contributed by atoms with E-state index in [1.807, 2.05) is 73.5 Å². The van der Waals surface area contributed by atoms with E-state index in [2.05, 4.69) is 0 Å². The molecule has 0 heterocycles. The molecule has 0 spiro atoms. The number of ether oxygens (including phenoxy) is 2. The van der Waals surface area contributed by atoms with Gasteiger partial charge in [-0.15, -0.1) is 0 Å². The average Bonchev–Trinajstić information content (AvgIpc) is 2.60. The second-order valence-corrected chi connectivity index (χ2v) is 6.64. The summed E-state index contributed by atoms with van der Waals surface area (Å²) in [7, 11) is 3.56. The van der Waals surface area contributed by atoms with Crippen LogP contribution in [0.3, 0.4) is 0 Å². The Labute approximate surface area is 160 Å². The fraction of sp³-hybridized carbons (Fsp3) is 0.333. The number of aliphatic hydroxyl groups excluding tert-OH is 1. The number of aliphatic hydroxyl groups is 1. The van der Waals surface area contributed by atoms with E-state index in [-0.39, 0.29) is 6.61 Å². The highest BCUT2D eigenvalue weighted by atomic mass is 35.5. The maximum atomic E-state index is 10.3. The van der Waals surface area contributed by atoms with Gasteiger partial charge in [0, 0.05) is 18.1 Å². The Balaban J connectivity index is 1.87. The minimum atomic E-state index is -0.612. The van der Waals surface area contributed by atoms with E-state index in [1.54, 1.807) is 7.11 Å². The molecule has 2 rings (SSSR count). The van der Waals surface area contributed by atoms with Crippen LogP contribution in [0.15, 0.2) is 48.5 Å². The van der Waals surface area contributed by atoms with E-state index in [4.69, 9.17) is 21.1 Å². The van der Waals surface area contributed by atoms with Crippen molar-refractivity contribution in [2.24, 2.45) is 0 Å². The summed E-state index contributed by atoms with van der Waals surface area (Å²) in [5, 5.41) is 11.0. The molecule has 0 saturated carbocycles. The molecule has 0 saturated heterocycles. The number of allylic oxidation sites excluding steroid dienone is 1. The first kappa shape index (κ1) is 20.3. The minimum Gasteiger partial charge on any atom is -0.493 e. The number of hydrogen-bond donors (Lipinski definition) is 1. The summed E-state index contributed by atoms with van der Waals surface area (Å²) in [4.78, 5) is 2.03. The van der Waals surface area contributed by atoms with Crippen molar-refractivity contribution in [3.8, 4) is 11.5 Å². The zero-order valence-corrected chi connectivity index (χ0v) is 16.2. The van der Waals surface area contributed by atoms with Gasteiger partial charge in [-0.25, -0.2) is 0 Å². The molecule has 140 valence electrons. The molecule has 1 unspecified atom stereocenters. The molecule has 2 aromatic carbocycles. The Bertz CT molecular complexity index is 733. The average molecular weight is 376 g/mol. The van der Waals surface area contributed by atoms with Gasteiger partial charge in [-0.3, -0.25) is 4.90 Å². The van der Waals surface area contributed by atoms with Gasteiger partial charge in [0.15, 0.2) is 11.5 Å². The van der Waals surface area contributed by atoms with Gasteiger partial charge in [0.05, 0.1) is 7.11 Å². The molecule has 0 aliphatic heterocycles. The van der Waals surface area contributed by atoms with Crippen LogP contribution in [0.5, 0.6) is 11.5 Å². The lowest BCUT2D eigenvalue weighted by atomic mass is 10.2. The Morgan fingerprint density at radius 1 is 1.19 bits per heavy atom. The number of halogens is 1. The molecule has 0 bridgehead atoms. The van der Waals surface area contributed by atoms with Crippen LogP contribution in [0.4, 0.5) is 0 Å².